The van der Waals surface area contributed by atoms with Crippen LogP contribution in [0.25, 0.3) is 5.69 Å². The van der Waals surface area contributed by atoms with Crippen molar-refractivity contribution < 1.29 is 0 Å². The number of halogens is 1. The Morgan fingerprint density at radius 3 is 2.41 bits per heavy atom. The second kappa shape index (κ2) is 3.96. The Morgan fingerprint density at radius 2 is 1.94 bits per heavy atom. The lowest BCUT2D eigenvalue weighted by Gasteiger charge is -2.13. The first-order valence-electron chi connectivity index (χ1n) is 5.76. The summed E-state index contributed by atoms with van der Waals surface area (Å²) in [5.41, 5.74) is 8.52. The molecule has 0 spiro atoms. The van der Waals surface area contributed by atoms with E-state index < -0.39 is 0 Å². The summed E-state index contributed by atoms with van der Waals surface area (Å²) in [6.07, 6.45) is 4.21. The largest absolute Gasteiger partial charge is 0.330 e. The van der Waals surface area contributed by atoms with Gasteiger partial charge in [-0.1, -0.05) is 12.1 Å². The minimum atomic E-state index is 0.264. The van der Waals surface area contributed by atoms with Crippen molar-refractivity contribution in [2.45, 2.75) is 18.3 Å². The van der Waals surface area contributed by atoms with Crippen molar-refractivity contribution in [3.63, 3.8) is 0 Å². The molecule has 2 aromatic rings. The van der Waals surface area contributed by atoms with E-state index >= 15 is 0 Å². The van der Waals surface area contributed by atoms with Crippen LogP contribution in [0.1, 0.15) is 18.4 Å². The number of rotatable bonds is 3. The molecule has 0 atom stereocenters. The van der Waals surface area contributed by atoms with Gasteiger partial charge < -0.3 is 5.73 Å². The lowest BCUT2D eigenvalue weighted by Crippen LogP contribution is -2.19. The van der Waals surface area contributed by atoms with Gasteiger partial charge in [-0.2, -0.15) is 5.10 Å². The van der Waals surface area contributed by atoms with Crippen LogP contribution in [0, 0.1) is 0 Å². The minimum Gasteiger partial charge on any atom is -0.330 e. The zero-order valence-electron chi connectivity index (χ0n) is 9.44. The Labute approximate surface area is 109 Å². The van der Waals surface area contributed by atoms with Crippen molar-refractivity contribution in [1.82, 2.24) is 9.78 Å². The molecule has 1 aliphatic rings. The Balaban J connectivity index is 1.93. The van der Waals surface area contributed by atoms with Crippen molar-refractivity contribution in [3.05, 3.63) is 46.7 Å². The van der Waals surface area contributed by atoms with Crippen LogP contribution in [0.15, 0.2) is 41.1 Å². The number of benzene rings is 1. The first-order valence-corrected chi connectivity index (χ1v) is 6.55. The summed E-state index contributed by atoms with van der Waals surface area (Å²) in [6.45, 7) is 0.748. The summed E-state index contributed by atoms with van der Waals surface area (Å²) < 4.78 is 2.83. The van der Waals surface area contributed by atoms with E-state index in [2.05, 4.69) is 45.3 Å². The number of nitrogens with two attached hydrogens (primary N) is 1. The second-order valence-electron chi connectivity index (χ2n) is 4.60. The summed E-state index contributed by atoms with van der Waals surface area (Å²) in [7, 11) is 0. The zero-order chi connectivity index (χ0) is 11.9. The second-order valence-corrected chi connectivity index (χ2v) is 5.41. The molecule has 4 heteroatoms. The van der Waals surface area contributed by atoms with E-state index in [0.29, 0.717) is 0 Å². The molecule has 0 radical (unpaired) electrons. The summed E-state index contributed by atoms with van der Waals surface area (Å²) in [4.78, 5) is 0. The van der Waals surface area contributed by atoms with E-state index in [1.165, 1.54) is 18.4 Å². The third-order valence-electron chi connectivity index (χ3n) is 3.57. The third kappa shape index (κ3) is 1.81. The molecular weight excluding hydrogens is 278 g/mol. The highest BCUT2D eigenvalue weighted by molar-refractivity contribution is 9.10. The molecule has 2 N–H and O–H groups in total. The fourth-order valence-corrected chi connectivity index (χ4v) is 2.61. The molecule has 1 fully saturated rings. The van der Waals surface area contributed by atoms with Crippen LogP contribution < -0.4 is 5.73 Å². The normalized spacial score (nSPS) is 17.1. The highest BCUT2D eigenvalue weighted by Crippen LogP contribution is 2.47. The van der Waals surface area contributed by atoms with Crippen LogP contribution in [0.5, 0.6) is 0 Å². The van der Waals surface area contributed by atoms with Crippen molar-refractivity contribution >= 4 is 15.9 Å². The van der Waals surface area contributed by atoms with Gasteiger partial charge in [-0.3, -0.25) is 0 Å². The molecule has 0 aliphatic heterocycles. The predicted octanol–water partition coefficient (Wildman–Crippen LogP) is 2.63. The quantitative estimate of drug-likeness (QED) is 0.945. The molecule has 1 aromatic carbocycles. The minimum absolute atomic E-state index is 0.264. The molecular formula is C13H14BrN3. The van der Waals surface area contributed by atoms with Gasteiger partial charge in [0.05, 0.1) is 11.9 Å². The van der Waals surface area contributed by atoms with Crippen LogP contribution >= 0.6 is 15.9 Å². The Hall–Kier alpha value is -1.13. The molecule has 1 saturated carbocycles. The van der Waals surface area contributed by atoms with Crippen LogP contribution in [0.3, 0.4) is 0 Å². The molecule has 0 unspecified atom stereocenters. The van der Waals surface area contributed by atoms with Crippen LogP contribution in [0.2, 0.25) is 0 Å². The standard InChI is InChI=1S/C13H14BrN3/c14-12-5-8-16-17(12)11-3-1-10(2-4-11)13(9-15)6-7-13/h1-5,8H,6-7,9,15H2. The van der Waals surface area contributed by atoms with Gasteiger partial charge in [0.25, 0.3) is 0 Å². The predicted molar refractivity (Wildman–Crippen MR) is 71.2 cm³/mol. The average Bonchev–Trinajstić information content (AvgIpc) is 3.06. The molecule has 0 amide bonds. The highest BCUT2D eigenvalue weighted by atomic mass is 79.9. The highest BCUT2D eigenvalue weighted by Gasteiger charge is 2.42. The monoisotopic (exact) mass is 291 g/mol. The molecule has 0 saturated heterocycles. The molecule has 88 valence electrons. The number of nitrogens with zero attached hydrogens (tertiary/aromatic N) is 2. The van der Waals surface area contributed by atoms with Gasteiger partial charge in [-0.25, -0.2) is 4.68 Å². The molecule has 1 aliphatic carbocycles. The summed E-state index contributed by atoms with van der Waals surface area (Å²) in [5.74, 6) is 0. The first kappa shape index (κ1) is 11.0. The zero-order valence-corrected chi connectivity index (χ0v) is 11.0. The van der Waals surface area contributed by atoms with E-state index in [1.54, 1.807) is 6.20 Å². The van der Waals surface area contributed by atoms with Gasteiger partial charge in [-0.05, 0) is 52.5 Å². The SMILES string of the molecule is NCC1(c2ccc(-n3nccc3Br)cc2)CC1. The molecule has 17 heavy (non-hydrogen) atoms. The van der Waals surface area contributed by atoms with Gasteiger partial charge in [0.1, 0.15) is 4.60 Å². The summed E-state index contributed by atoms with van der Waals surface area (Å²) >= 11 is 3.47. The van der Waals surface area contributed by atoms with Crippen molar-refractivity contribution in [3.8, 4) is 5.69 Å². The van der Waals surface area contributed by atoms with Gasteiger partial charge in [0, 0.05) is 12.0 Å². The Kier molecular flexibility index (Phi) is 2.56. The van der Waals surface area contributed by atoms with Crippen molar-refractivity contribution in [1.29, 1.82) is 0 Å². The van der Waals surface area contributed by atoms with Crippen molar-refractivity contribution in [2.24, 2.45) is 5.73 Å². The topological polar surface area (TPSA) is 43.8 Å². The molecule has 1 heterocycles. The molecule has 3 rings (SSSR count). The van der Waals surface area contributed by atoms with Crippen molar-refractivity contribution in [2.75, 3.05) is 6.54 Å². The molecule has 0 bridgehead atoms. The van der Waals surface area contributed by atoms with Gasteiger partial charge in [0.15, 0.2) is 0 Å². The molecule has 3 nitrogen and oxygen atoms in total. The molecule has 1 aromatic heterocycles. The van der Waals surface area contributed by atoms with Gasteiger partial charge in [0.2, 0.25) is 0 Å². The lowest BCUT2D eigenvalue weighted by atomic mass is 9.96. The average molecular weight is 292 g/mol. The first-order chi connectivity index (χ1) is 8.25. The van der Waals surface area contributed by atoms with Crippen LogP contribution in [-0.2, 0) is 5.41 Å². The third-order valence-corrected chi connectivity index (χ3v) is 4.17. The Bertz CT molecular complexity index is 526. The smallest absolute Gasteiger partial charge is 0.109 e. The fourth-order valence-electron chi connectivity index (χ4n) is 2.19. The number of aromatic nitrogens is 2. The Morgan fingerprint density at radius 1 is 1.24 bits per heavy atom. The fraction of sp³-hybridized carbons (Fsp3) is 0.308. The van der Waals surface area contributed by atoms with E-state index in [1.807, 2.05) is 10.7 Å². The van der Waals surface area contributed by atoms with E-state index in [-0.39, 0.29) is 5.41 Å². The number of hydrogen-bond acceptors (Lipinski definition) is 2. The van der Waals surface area contributed by atoms with E-state index in [0.717, 1.165) is 16.8 Å². The maximum Gasteiger partial charge on any atom is 0.109 e. The maximum atomic E-state index is 5.83. The van der Waals surface area contributed by atoms with Crippen LogP contribution in [-0.4, -0.2) is 16.3 Å². The summed E-state index contributed by atoms with van der Waals surface area (Å²) in [5, 5.41) is 4.26. The van der Waals surface area contributed by atoms with Gasteiger partial charge in [-0.15, -0.1) is 0 Å². The maximum absolute atomic E-state index is 5.83. The number of hydrogen-bond donors (Lipinski definition) is 1. The lowest BCUT2D eigenvalue weighted by molar-refractivity contribution is 0.704. The van der Waals surface area contributed by atoms with E-state index in [9.17, 15) is 0 Å². The van der Waals surface area contributed by atoms with E-state index in [4.69, 9.17) is 5.73 Å². The van der Waals surface area contributed by atoms with Gasteiger partial charge >= 0.3 is 0 Å². The van der Waals surface area contributed by atoms with Crippen LogP contribution in [0.4, 0.5) is 0 Å². The summed E-state index contributed by atoms with van der Waals surface area (Å²) in [6, 6.07) is 10.5.